The molecule has 0 spiro atoms. The molecule has 0 bridgehead atoms. The Morgan fingerprint density at radius 1 is 1.36 bits per heavy atom. The monoisotopic (exact) mass is 344 g/mol. The van der Waals surface area contributed by atoms with E-state index in [1.807, 2.05) is 6.92 Å². The summed E-state index contributed by atoms with van der Waals surface area (Å²) >= 11 is 1.34. The fourth-order valence-electron chi connectivity index (χ4n) is 1.81. The molecule has 2 N–H and O–H groups in total. The van der Waals surface area contributed by atoms with Crippen LogP contribution in [0.15, 0.2) is 17.2 Å². The molecule has 2 heterocycles. The van der Waals surface area contributed by atoms with E-state index in [1.54, 1.807) is 6.92 Å². The fourth-order valence-corrected chi connectivity index (χ4v) is 3.66. The quantitative estimate of drug-likeness (QED) is 0.777. The van der Waals surface area contributed by atoms with Gasteiger partial charge in [0.25, 0.3) is 0 Å². The van der Waals surface area contributed by atoms with Crippen LogP contribution in [0.2, 0.25) is 0 Å². The second-order valence-electron chi connectivity index (χ2n) is 4.42. The van der Waals surface area contributed by atoms with Crippen molar-refractivity contribution < 1.29 is 18.3 Å². The minimum absolute atomic E-state index is 0.0275. The lowest BCUT2D eigenvalue weighted by Crippen LogP contribution is -2.22. The predicted octanol–water partition coefficient (Wildman–Crippen LogP) is 1.10. The molecule has 0 unspecified atom stereocenters. The molecule has 120 valence electrons. The van der Waals surface area contributed by atoms with Crippen molar-refractivity contribution in [3.63, 3.8) is 0 Å². The number of hydrogen-bond acceptors (Lipinski definition) is 6. The van der Waals surface area contributed by atoms with Crippen LogP contribution in [0.4, 0.5) is 0 Å². The van der Waals surface area contributed by atoms with Gasteiger partial charge in [-0.1, -0.05) is 6.92 Å². The van der Waals surface area contributed by atoms with Gasteiger partial charge in [0, 0.05) is 12.7 Å². The molecule has 2 aromatic heterocycles. The molecular formula is C12H16N4O4S2. The Labute approximate surface area is 131 Å². The van der Waals surface area contributed by atoms with Crippen LogP contribution in [0.5, 0.6) is 0 Å². The number of sulfonamides is 1. The van der Waals surface area contributed by atoms with Crippen molar-refractivity contribution >= 4 is 27.3 Å². The van der Waals surface area contributed by atoms with Gasteiger partial charge >= 0.3 is 5.97 Å². The number of nitrogens with zero attached hydrogens (tertiary/aromatic N) is 3. The van der Waals surface area contributed by atoms with Gasteiger partial charge in [0.15, 0.2) is 0 Å². The molecule has 0 saturated heterocycles. The van der Waals surface area contributed by atoms with Crippen LogP contribution in [0, 0.1) is 0 Å². The molecule has 8 nitrogen and oxygen atoms in total. The molecular weight excluding hydrogens is 328 g/mol. The first kappa shape index (κ1) is 16.6. The summed E-state index contributed by atoms with van der Waals surface area (Å²) in [6.07, 6.45) is 2.05. The van der Waals surface area contributed by atoms with E-state index in [1.165, 1.54) is 22.1 Å². The Balaban J connectivity index is 2.17. The number of hydrogen-bond donors (Lipinski definition) is 2. The van der Waals surface area contributed by atoms with Gasteiger partial charge in [-0.15, -0.1) is 21.5 Å². The predicted molar refractivity (Wildman–Crippen MR) is 80.4 cm³/mol. The number of aryl methyl sites for hydroxylation is 2. The molecule has 0 aromatic carbocycles. The summed E-state index contributed by atoms with van der Waals surface area (Å²) in [7, 11) is -3.80. The highest BCUT2D eigenvalue weighted by Gasteiger charge is 2.21. The Kier molecular flexibility index (Phi) is 4.94. The van der Waals surface area contributed by atoms with Gasteiger partial charge in [0.2, 0.25) is 10.0 Å². The molecule has 22 heavy (non-hydrogen) atoms. The first-order valence-corrected chi connectivity index (χ1v) is 8.91. The molecule has 0 radical (unpaired) electrons. The number of rotatable bonds is 7. The maximum atomic E-state index is 12.2. The smallest absolute Gasteiger partial charge is 0.352 e. The van der Waals surface area contributed by atoms with Gasteiger partial charge < -0.3 is 9.67 Å². The third-order valence-corrected chi connectivity index (χ3v) is 5.40. The van der Waals surface area contributed by atoms with Crippen molar-refractivity contribution in [1.29, 1.82) is 0 Å². The third kappa shape index (κ3) is 3.51. The van der Waals surface area contributed by atoms with Crippen LogP contribution < -0.4 is 4.72 Å². The lowest BCUT2D eigenvalue weighted by Gasteiger charge is -2.02. The minimum atomic E-state index is -3.80. The Bertz CT molecular complexity index is 779. The van der Waals surface area contributed by atoms with E-state index in [-0.39, 0.29) is 17.1 Å². The zero-order chi connectivity index (χ0) is 16.3. The maximum absolute atomic E-state index is 12.2. The van der Waals surface area contributed by atoms with E-state index >= 15 is 0 Å². The second kappa shape index (κ2) is 6.55. The van der Waals surface area contributed by atoms with Crippen LogP contribution >= 0.6 is 11.3 Å². The molecule has 0 aliphatic rings. The molecule has 0 aliphatic carbocycles. The Morgan fingerprint density at radius 2 is 2.05 bits per heavy atom. The van der Waals surface area contributed by atoms with E-state index in [9.17, 15) is 13.2 Å². The van der Waals surface area contributed by atoms with Crippen LogP contribution in [0.1, 0.15) is 34.4 Å². The molecule has 2 aromatic rings. The van der Waals surface area contributed by atoms with Crippen molar-refractivity contribution in [2.45, 2.75) is 38.3 Å². The van der Waals surface area contributed by atoms with Crippen molar-refractivity contribution in [3.8, 4) is 0 Å². The number of carboxylic acids is 1. The standard InChI is InChI=1S/C12H16N4O4S2/c1-3-10-14-15-11(21-10)6-13-22(19,20)8-5-9(12(17)18)16(4-2)7-8/h5,7,13H,3-4,6H2,1-2H3,(H,17,18). The minimum Gasteiger partial charge on any atom is -0.477 e. The van der Waals surface area contributed by atoms with Gasteiger partial charge in [-0.3, -0.25) is 0 Å². The highest BCUT2D eigenvalue weighted by Crippen LogP contribution is 2.16. The number of carbonyl (C=O) groups is 1. The van der Waals surface area contributed by atoms with E-state index in [0.29, 0.717) is 11.6 Å². The van der Waals surface area contributed by atoms with Crippen LogP contribution in [0.3, 0.4) is 0 Å². The number of nitrogens with one attached hydrogen (secondary N) is 1. The molecule has 2 rings (SSSR count). The van der Waals surface area contributed by atoms with E-state index < -0.39 is 16.0 Å². The zero-order valence-electron chi connectivity index (χ0n) is 12.1. The molecule has 0 fully saturated rings. The molecule has 0 aliphatic heterocycles. The van der Waals surface area contributed by atoms with Crippen LogP contribution in [0.25, 0.3) is 0 Å². The summed E-state index contributed by atoms with van der Waals surface area (Å²) in [5.74, 6) is -1.17. The first-order chi connectivity index (χ1) is 10.4. The summed E-state index contributed by atoms with van der Waals surface area (Å²) in [5, 5.41) is 18.3. The average Bonchev–Trinajstić information content (AvgIpc) is 3.11. The number of aromatic carboxylic acids is 1. The summed E-state index contributed by atoms with van der Waals surface area (Å²) < 4.78 is 28.2. The fraction of sp³-hybridized carbons (Fsp3) is 0.417. The zero-order valence-corrected chi connectivity index (χ0v) is 13.7. The van der Waals surface area contributed by atoms with Crippen molar-refractivity contribution in [2.75, 3.05) is 0 Å². The van der Waals surface area contributed by atoms with E-state index in [0.717, 1.165) is 17.5 Å². The average molecular weight is 344 g/mol. The van der Waals surface area contributed by atoms with E-state index in [4.69, 9.17) is 5.11 Å². The summed E-state index contributed by atoms with van der Waals surface area (Å²) in [4.78, 5) is 11.0. The van der Waals surface area contributed by atoms with Gasteiger partial charge in [-0.2, -0.15) is 0 Å². The number of carboxylic acid groups (broad SMARTS) is 1. The van der Waals surface area contributed by atoms with Gasteiger partial charge in [-0.05, 0) is 19.4 Å². The normalized spacial score (nSPS) is 11.7. The van der Waals surface area contributed by atoms with Gasteiger partial charge in [-0.25, -0.2) is 17.9 Å². The SMILES string of the molecule is CCc1nnc(CNS(=O)(=O)c2cc(C(=O)O)n(CC)c2)s1. The lowest BCUT2D eigenvalue weighted by atomic mass is 10.4. The van der Waals surface area contributed by atoms with Crippen molar-refractivity contribution in [2.24, 2.45) is 0 Å². The third-order valence-electron chi connectivity index (χ3n) is 2.97. The number of aromatic nitrogens is 3. The first-order valence-electron chi connectivity index (χ1n) is 6.61. The lowest BCUT2D eigenvalue weighted by molar-refractivity contribution is 0.0685. The summed E-state index contributed by atoms with van der Waals surface area (Å²) in [6.45, 7) is 4.08. The second-order valence-corrected chi connectivity index (χ2v) is 7.33. The Hall–Kier alpha value is -1.78. The van der Waals surface area contributed by atoms with Crippen LogP contribution in [-0.2, 0) is 29.5 Å². The van der Waals surface area contributed by atoms with Gasteiger partial charge in [0.1, 0.15) is 20.6 Å². The highest BCUT2D eigenvalue weighted by atomic mass is 32.2. The maximum Gasteiger partial charge on any atom is 0.352 e. The molecule has 10 heteroatoms. The molecule has 0 amide bonds. The van der Waals surface area contributed by atoms with Crippen LogP contribution in [-0.4, -0.2) is 34.3 Å². The Morgan fingerprint density at radius 3 is 2.55 bits per heavy atom. The van der Waals surface area contributed by atoms with Crippen molar-refractivity contribution in [1.82, 2.24) is 19.5 Å². The topological polar surface area (TPSA) is 114 Å². The molecule has 0 atom stereocenters. The summed E-state index contributed by atoms with van der Waals surface area (Å²) in [5.41, 5.74) is -0.0629. The largest absolute Gasteiger partial charge is 0.477 e. The van der Waals surface area contributed by atoms with E-state index in [2.05, 4.69) is 14.9 Å². The van der Waals surface area contributed by atoms with Crippen molar-refractivity contribution in [3.05, 3.63) is 28.0 Å². The summed E-state index contributed by atoms with van der Waals surface area (Å²) in [6, 6.07) is 1.14. The molecule has 0 saturated carbocycles. The highest BCUT2D eigenvalue weighted by molar-refractivity contribution is 7.89. The van der Waals surface area contributed by atoms with Gasteiger partial charge in [0.05, 0.1) is 6.54 Å².